The van der Waals surface area contributed by atoms with Crippen molar-refractivity contribution in [1.29, 1.82) is 0 Å². The summed E-state index contributed by atoms with van der Waals surface area (Å²) < 4.78 is 1.94. The Kier molecular flexibility index (Phi) is 3.62. The maximum Gasteiger partial charge on any atom is 0.337 e. The van der Waals surface area contributed by atoms with Gasteiger partial charge < -0.3 is 9.67 Å². The minimum absolute atomic E-state index is 0.247. The molecule has 2 aromatic rings. The van der Waals surface area contributed by atoms with Crippen LogP contribution in [0.2, 0.25) is 0 Å². The molecular formula is C13H14N2O2S. The summed E-state index contributed by atoms with van der Waals surface area (Å²) in [7, 11) is 0. The number of hydrogen-bond acceptors (Lipinski definition) is 3. The number of aromatic nitrogens is 2. The zero-order valence-corrected chi connectivity index (χ0v) is 11.0. The summed E-state index contributed by atoms with van der Waals surface area (Å²) in [6, 6.07) is 3.90. The van der Waals surface area contributed by atoms with Crippen LogP contribution in [0.5, 0.6) is 0 Å². The molecular weight excluding hydrogens is 248 g/mol. The molecule has 2 rings (SSSR count). The van der Waals surface area contributed by atoms with Crippen LogP contribution in [0, 0.1) is 0 Å². The van der Waals surface area contributed by atoms with E-state index in [1.807, 2.05) is 29.9 Å². The standard InChI is InChI=1S/C13H14N2O2S/c1-9(2)15-8-14-7-10(15)6-11(13(16)17)12-4-3-5-18-12/h3-9H,1-2H3,(H,16,17). The van der Waals surface area contributed by atoms with Gasteiger partial charge in [0.15, 0.2) is 0 Å². The van der Waals surface area contributed by atoms with Crippen molar-refractivity contribution in [1.82, 2.24) is 9.55 Å². The van der Waals surface area contributed by atoms with Gasteiger partial charge in [-0.05, 0) is 31.4 Å². The van der Waals surface area contributed by atoms with Gasteiger partial charge in [-0.1, -0.05) is 6.07 Å². The molecule has 94 valence electrons. The Morgan fingerprint density at radius 2 is 2.33 bits per heavy atom. The molecule has 5 heteroatoms. The number of carboxylic acids is 1. The number of aliphatic carboxylic acids is 1. The summed E-state index contributed by atoms with van der Waals surface area (Å²) in [6.45, 7) is 4.06. The van der Waals surface area contributed by atoms with E-state index in [0.717, 1.165) is 10.6 Å². The number of carboxylic acid groups (broad SMARTS) is 1. The molecule has 0 aliphatic heterocycles. The second-order valence-corrected chi connectivity index (χ2v) is 5.11. The van der Waals surface area contributed by atoms with Gasteiger partial charge in [-0.2, -0.15) is 0 Å². The van der Waals surface area contributed by atoms with Gasteiger partial charge in [0.1, 0.15) is 0 Å². The van der Waals surface area contributed by atoms with Crippen molar-refractivity contribution in [3.63, 3.8) is 0 Å². The average molecular weight is 262 g/mol. The van der Waals surface area contributed by atoms with Gasteiger partial charge in [0, 0.05) is 10.9 Å². The average Bonchev–Trinajstić information content (AvgIpc) is 2.96. The number of carbonyl (C=O) groups is 1. The maximum atomic E-state index is 11.3. The Morgan fingerprint density at radius 1 is 1.56 bits per heavy atom. The van der Waals surface area contributed by atoms with E-state index in [4.69, 9.17) is 0 Å². The Balaban J connectivity index is 2.46. The topological polar surface area (TPSA) is 55.1 Å². The molecule has 0 saturated heterocycles. The summed E-state index contributed by atoms with van der Waals surface area (Å²) in [5.74, 6) is -0.922. The fourth-order valence-corrected chi connectivity index (χ4v) is 2.41. The van der Waals surface area contributed by atoms with Crippen molar-refractivity contribution in [2.45, 2.75) is 19.9 Å². The fraction of sp³-hybridized carbons (Fsp3) is 0.231. The van der Waals surface area contributed by atoms with Crippen molar-refractivity contribution in [3.8, 4) is 0 Å². The molecule has 2 aromatic heterocycles. The second kappa shape index (κ2) is 5.18. The molecule has 1 N–H and O–H groups in total. The molecule has 0 spiro atoms. The predicted molar refractivity (Wildman–Crippen MR) is 72.4 cm³/mol. The van der Waals surface area contributed by atoms with E-state index in [2.05, 4.69) is 4.98 Å². The van der Waals surface area contributed by atoms with Crippen LogP contribution in [0.25, 0.3) is 11.6 Å². The van der Waals surface area contributed by atoms with Gasteiger partial charge >= 0.3 is 5.97 Å². The minimum atomic E-state index is -0.922. The van der Waals surface area contributed by atoms with Gasteiger partial charge in [0.05, 0.1) is 23.8 Å². The summed E-state index contributed by atoms with van der Waals surface area (Å²) in [5.41, 5.74) is 1.10. The van der Waals surface area contributed by atoms with Crippen LogP contribution in [0.4, 0.5) is 0 Å². The van der Waals surface area contributed by atoms with Crippen LogP contribution in [0.3, 0.4) is 0 Å². The van der Waals surface area contributed by atoms with E-state index in [1.165, 1.54) is 11.3 Å². The SMILES string of the molecule is CC(C)n1cncc1C=C(C(=O)O)c1cccs1. The van der Waals surface area contributed by atoms with Gasteiger partial charge in [-0.3, -0.25) is 0 Å². The second-order valence-electron chi connectivity index (χ2n) is 4.16. The molecule has 2 heterocycles. The molecule has 0 atom stereocenters. The first-order valence-electron chi connectivity index (χ1n) is 5.60. The highest BCUT2D eigenvalue weighted by atomic mass is 32.1. The van der Waals surface area contributed by atoms with Gasteiger partial charge in [0.2, 0.25) is 0 Å². The van der Waals surface area contributed by atoms with Crippen LogP contribution >= 0.6 is 11.3 Å². The molecule has 0 saturated carbocycles. The molecule has 18 heavy (non-hydrogen) atoms. The van der Waals surface area contributed by atoms with Crippen molar-refractivity contribution < 1.29 is 9.90 Å². The molecule has 4 nitrogen and oxygen atoms in total. The molecule has 0 unspecified atom stereocenters. The van der Waals surface area contributed by atoms with Crippen LogP contribution in [-0.4, -0.2) is 20.6 Å². The van der Waals surface area contributed by atoms with Crippen molar-refractivity contribution >= 4 is 29.0 Å². The Labute approximate surface area is 109 Å². The summed E-state index contributed by atoms with van der Waals surface area (Å²) >= 11 is 1.42. The monoisotopic (exact) mass is 262 g/mol. The lowest BCUT2D eigenvalue weighted by molar-refractivity contribution is -0.130. The van der Waals surface area contributed by atoms with Crippen molar-refractivity contribution in [2.24, 2.45) is 0 Å². The third kappa shape index (κ3) is 2.51. The molecule has 0 amide bonds. The van der Waals surface area contributed by atoms with E-state index in [1.54, 1.807) is 24.7 Å². The fourth-order valence-electron chi connectivity index (χ4n) is 1.68. The first-order chi connectivity index (χ1) is 8.59. The third-order valence-electron chi connectivity index (χ3n) is 2.56. The number of imidazole rings is 1. The largest absolute Gasteiger partial charge is 0.478 e. The molecule has 0 radical (unpaired) electrons. The minimum Gasteiger partial charge on any atom is -0.478 e. The Bertz CT molecular complexity index is 568. The molecule has 0 bridgehead atoms. The first-order valence-corrected chi connectivity index (χ1v) is 6.48. The van der Waals surface area contributed by atoms with Crippen molar-refractivity contribution in [2.75, 3.05) is 0 Å². The van der Waals surface area contributed by atoms with Gasteiger partial charge in [-0.25, -0.2) is 9.78 Å². The Morgan fingerprint density at radius 3 is 2.89 bits per heavy atom. The van der Waals surface area contributed by atoms with Crippen LogP contribution in [-0.2, 0) is 4.79 Å². The number of hydrogen-bond donors (Lipinski definition) is 1. The highest BCUT2D eigenvalue weighted by Crippen LogP contribution is 2.23. The summed E-state index contributed by atoms with van der Waals surface area (Å²) in [4.78, 5) is 16.1. The number of nitrogens with zero attached hydrogens (tertiary/aromatic N) is 2. The third-order valence-corrected chi connectivity index (χ3v) is 3.46. The zero-order chi connectivity index (χ0) is 13.1. The van der Waals surface area contributed by atoms with Crippen LogP contribution in [0.1, 0.15) is 30.5 Å². The lowest BCUT2D eigenvalue weighted by Crippen LogP contribution is -2.03. The lowest BCUT2D eigenvalue weighted by Gasteiger charge is -2.09. The van der Waals surface area contributed by atoms with E-state index >= 15 is 0 Å². The molecule has 0 aromatic carbocycles. The van der Waals surface area contributed by atoms with Crippen molar-refractivity contribution in [3.05, 3.63) is 40.6 Å². The van der Waals surface area contributed by atoms with E-state index in [9.17, 15) is 9.90 Å². The van der Waals surface area contributed by atoms with Crippen LogP contribution in [0.15, 0.2) is 30.0 Å². The predicted octanol–water partition coefficient (Wildman–Crippen LogP) is 3.15. The Hall–Kier alpha value is -1.88. The normalized spacial score (nSPS) is 12.1. The maximum absolute atomic E-state index is 11.3. The molecule has 0 fully saturated rings. The van der Waals surface area contributed by atoms with E-state index in [-0.39, 0.29) is 6.04 Å². The van der Waals surface area contributed by atoms with Gasteiger partial charge in [-0.15, -0.1) is 11.3 Å². The highest BCUT2D eigenvalue weighted by Gasteiger charge is 2.13. The quantitative estimate of drug-likeness (QED) is 0.861. The summed E-state index contributed by atoms with van der Waals surface area (Å²) in [6.07, 6.45) is 5.06. The number of thiophene rings is 1. The molecule has 0 aliphatic carbocycles. The van der Waals surface area contributed by atoms with E-state index < -0.39 is 5.97 Å². The number of rotatable bonds is 4. The zero-order valence-electron chi connectivity index (χ0n) is 10.2. The molecule has 0 aliphatic rings. The smallest absolute Gasteiger partial charge is 0.337 e. The highest BCUT2D eigenvalue weighted by molar-refractivity contribution is 7.11. The van der Waals surface area contributed by atoms with E-state index in [0.29, 0.717) is 5.57 Å². The summed E-state index contributed by atoms with van der Waals surface area (Å²) in [5, 5.41) is 11.1. The lowest BCUT2D eigenvalue weighted by atomic mass is 10.2. The van der Waals surface area contributed by atoms with Crippen LogP contribution < -0.4 is 0 Å². The first kappa shape index (κ1) is 12.6. The van der Waals surface area contributed by atoms with Gasteiger partial charge in [0.25, 0.3) is 0 Å².